The number of fused-ring (bicyclic) bond motifs is 1. The monoisotopic (exact) mass is 380 g/mol. The van der Waals surface area contributed by atoms with Gasteiger partial charge in [-0.3, -0.25) is 9.59 Å². The van der Waals surface area contributed by atoms with Gasteiger partial charge in [0.05, 0.1) is 30.3 Å². The lowest BCUT2D eigenvalue weighted by Gasteiger charge is -2.12. The first-order valence-corrected chi connectivity index (χ1v) is 8.62. The van der Waals surface area contributed by atoms with Crippen LogP contribution in [-0.4, -0.2) is 18.9 Å². The number of para-hydroxylation sites is 1. The average molecular weight is 380 g/mol. The van der Waals surface area contributed by atoms with Crippen molar-refractivity contribution in [2.75, 3.05) is 12.4 Å². The van der Waals surface area contributed by atoms with E-state index in [1.165, 1.54) is 6.07 Å². The molecule has 0 unspecified atom stereocenters. The van der Waals surface area contributed by atoms with E-state index in [9.17, 15) is 14.4 Å². The quantitative estimate of drug-likeness (QED) is 0.661. The molecule has 0 aliphatic rings. The molecular formula is C21H20N2O5. The van der Waals surface area contributed by atoms with Crippen molar-refractivity contribution in [1.29, 1.82) is 0 Å². The molecule has 2 amide bonds. The fraction of sp³-hybridized carbons (Fsp3) is 0.190. The highest BCUT2D eigenvalue weighted by atomic mass is 16.5. The topological polar surface area (TPSA) is 112 Å². The number of benzene rings is 2. The predicted molar refractivity (Wildman–Crippen MR) is 106 cm³/mol. The minimum Gasteiger partial charge on any atom is -0.496 e. The zero-order chi connectivity index (χ0) is 20.4. The lowest BCUT2D eigenvalue weighted by molar-refractivity contribution is -0.115. The summed E-state index contributed by atoms with van der Waals surface area (Å²) < 4.78 is 10.7. The van der Waals surface area contributed by atoms with Crippen LogP contribution in [0.2, 0.25) is 0 Å². The maximum absolute atomic E-state index is 12.5. The molecule has 0 aliphatic heterocycles. The largest absolute Gasteiger partial charge is 0.496 e. The van der Waals surface area contributed by atoms with Gasteiger partial charge in [0.15, 0.2) is 0 Å². The fourth-order valence-corrected chi connectivity index (χ4v) is 3.16. The second-order valence-electron chi connectivity index (χ2n) is 6.40. The van der Waals surface area contributed by atoms with Crippen molar-refractivity contribution >= 4 is 28.5 Å². The van der Waals surface area contributed by atoms with E-state index in [-0.39, 0.29) is 17.5 Å². The number of rotatable bonds is 5. The summed E-state index contributed by atoms with van der Waals surface area (Å²) in [5, 5.41) is 3.37. The van der Waals surface area contributed by atoms with Crippen LogP contribution in [0, 0.1) is 13.8 Å². The van der Waals surface area contributed by atoms with Crippen molar-refractivity contribution in [2.45, 2.75) is 20.3 Å². The highest BCUT2D eigenvalue weighted by Gasteiger charge is 2.18. The smallest absolute Gasteiger partial charge is 0.340 e. The van der Waals surface area contributed by atoms with Crippen molar-refractivity contribution in [3.8, 4) is 5.75 Å². The molecular weight excluding hydrogens is 360 g/mol. The summed E-state index contributed by atoms with van der Waals surface area (Å²) >= 11 is 0. The summed E-state index contributed by atoms with van der Waals surface area (Å²) in [6.07, 6.45) is -0.192. The zero-order valence-corrected chi connectivity index (χ0v) is 15.8. The number of anilines is 1. The molecule has 0 saturated carbocycles. The Hall–Kier alpha value is -3.61. The Bertz CT molecular complexity index is 1150. The third-order valence-corrected chi connectivity index (χ3v) is 4.68. The number of nitrogens with one attached hydrogen (secondary N) is 1. The van der Waals surface area contributed by atoms with E-state index in [0.29, 0.717) is 28.1 Å². The molecule has 0 atom stereocenters. The summed E-state index contributed by atoms with van der Waals surface area (Å²) in [6.45, 7) is 3.57. The van der Waals surface area contributed by atoms with Gasteiger partial charge in [-0.15, -0.1) is 0 Å². The Balaban J connectivity index is 1.96. The van der Waals surface area contributed by atoms with E-state index in [0.717, 1.165) is 5.39 Å². The number of nitrogens with two attached hydrogens (primary N) is 1. The second-order valence-corrected chi connectivity index (χ2v) is 6.40. The van der Waals surface area contributed by atoms with E-state index in [4.69, 9.17) is 14.9 Å². The van der Waals surface area contributed by atoms with Gasteiger partial charge < -0.3 is 20.2 Å². The molecule has 0 radical (unpaired) electrons. The molecule has 1 heterocycles. The third kappa shape index (κ3) is 3.46. The highest BCUT2D eigenvalue weighted by molar-refractivity contribution is 6.03. The standard InChI is InChI=1S/C21H20N2O5/c1-11-13-8-9-17(27-3)12(2)19(13)28-21(26)15(11)10-18(24)23-16-7-5-4-6-14(16)20(22)25/h4-9H,10H2,1-3H3,(H2,22,25)(H,23,24). The molecule has 2 aromatic carbocycles. The van der Waals surface area contributed by atoms with Crippen LogP contribution < -0.4 is 21.4 Å². The highest BCUT2D eigenvalue weighted by Crippen LogP contribution is 2.29. The molecule has 7 nitrogen and oxygen atoms in total. The van der Waals surface area contributed by atoms with Crippen molar-refractivity contribution in [1.82, 2.24) is 0 Å². The van der Waals surface area contributed by atoms with Crippen molar-refractivity contribution < 1.29 is 18.7 Å². The zero-order valence-electron chi connectivity index (χ0n) is 15.8. The number of hydrogen-bond acceptors (Lipinski definition) is 5. The Labute approximate surface area is 161 Å². The van der Waals surface area contributed by atoms with Gasteiger partial charge in [-0.25, -0.2) is 4.79 Å². The summed E-state index contributed by atoms with van der Waals surface area (Å²) in [5.74, 6) is -0.487. The van der Waals surface area contributed by atoms with Crippen LogP contribution in [-0.2, 0) is 11.2 Å². The summed E-state index contributed by atoms with van der Waals surface area (Å²) in [7, 11) is 1.54. The summed E-state index contributed by atoms with van der Waals surface area (Å²) in [4.78, 5) is 36.5. The first kappa shape index (κ1) is 19.2. The number of ether oxygens (including phenoxy) is 1. The summed E-state index contributed by atoms with van der Waals surface area (Å²) in [6, 6.07) is 10.00. The van der Waals surface area contributed by atoms with Crippen molar-refractivity contribution in [3.63, 3.8) is 0 Å². The van der Waals surface area contributed by atoms with E-state index in [2.05, 4.69) is 5.32 Å². The van der Waals surface area contributed by atoms with E-state index >= 15 is 0 Å². The Morgan fingerprint density at radius 1 is 1.11 bits per heavy atom. The Morgan fingerprint density at radius 2 is 1.82 bits per heavy atom. The molecule has 0 saturated heterocycles. The number of primary amides is 1. The van der Waals surface area contributed by atoms with E-state index in [1.54, 1.807) is 51.3 Å². The van der Waals surface area contributed by atoms with Gasteiger partial charge in [-0.1, -0.05) is 12.1 Å². The molecule has 3 aromatic rings. The van der Waals surface area contributed by atoms with E-state index in [1.807, 2.05) is 0 Å². The van der Waals surface area contributed by atoms with Crippen LogP contribution in [0.4, 0.5) is 5.69 Å². The lowest BCUT2D eigenvalue weighted by Crippen LogP contribution is -2.22. The van der Waals surface area contributed by atoms with Gasteiger partial charge in [-0.05, 0) is 43.7 Å². The number of amides is 2. The number of aryl methyl sites for hydroxylation is 2. The molecule has 28 heavy (non-hydrogen) atoms. The van der Waals surface area contributed by atoms with Crippen LogP contribution in [0.5, 0.6) is 5.75 Å². The van der Waals surface area contributed by atoms with E-state index < -0.39 is 17.4 Å². The third-order valence-electron chi connectivity index (χ3n) is 4.68. The molecule has 0 fully saturated rings. The number of methoxy groups -OCH3 is 1. The first-order chi connectivity index (χ1) is 13.3. The molecule has 3 N–H and O–H groups in total. The molecule has 1 aromatic heterocycles. The van der Waals surface area contributed by atoms with Gasteiger partial charge in [0.2, 0.25) is 5.91 Å². The normalized spacial score (nSPS) is 10.7. The van der Waals surface area contributed by atoms with Crippen LogP contribution in [0.25, 0.3) is 11.0 Å². The average Bonchev–Trinajstić information content (AvgIpc) is 2.66. The minimum absolute atomic E-state index is 0.192. The molecule has 0 aliphatic carbocycles. The SMILES string of the molecule is COc1ccc2c(C)c(CC(=O)Nc3ccccc3C(N)=O)c(=O)oc2c1C. The molecule has 7 heteroatoms. The lowest BCUT2D eigenvalue weighted by atomic mass is 10.0. The van der Waals surface area contributed by atoms with Gasteiger partial charge in [-0.2, -0.15) is 0 Å². The maximum Gasteiger partial charge on any atom is 0.340 e. The van der Waals surface area contributed by atoms with Gasteiger partial charge in [0, 0.05) is 10.9 Å². The predicted octanol–water partition coefficient (Wildman–Crippen LogP) is 2.70. The van der Waals surface area contributed by atoms with Crippen LogP contribution in [0.3, 0.4) is 0 Å². The molecule has 0 bridgehead atoms. The second kappa shape index (κ2) is 7.56. The van der Waals surface area contributed by atoms with Crippen LogP contribution in [0.1, 0.15) is 27.0 Å². The summed E-state index contributed by atoms with van der Waals surface area (Å²) in [5.41, 5.74) is 7.30. The van der Waals surface area contributed by atoms with Gasteiger partial charge in [0.25, 0.3) is 5.91 Å². The molecule has 0 spiro atoms. The molecule has 144 valence electrons. The van der Waals surface area contributed by atoms with Crippen molar-refractivity contribution in [3.05, 3.63) is 69.1 Å². The molecule has 3 rings (SSSR count). The van der Waals surface area contributed by atoms with Gasteiger partial charge in [0.1, 0.15) is 11.3 Å². The van der Waals surface area contributed by atoms with Crippen LogP contribution >= 0.6 is 0 Å². The minimum atomic E-state index is -0.651. The maximum atomic E-state index is 12.5. The van der Waals surface area contributed by atoms with Crippen molar-refractivity contribution in [2.24, 2.45) is 5.73 Å². The van der Waals surface area contributed by atoms with Gasteiger partial charge >= 0.3 is 5.63 Å². The Morgan fingerprint density at radius 3 is 2.50 bits per heavy atom. The Kier molecular flexibility index (Phi) is 5.17. The van der Waals surface area contributed by atoms with Crippen LogP contribution in [0.15, 0.2) is 45.6 Å². The number of hydrogen-bond donors (Lipinski definition) is 2. The fourth-order valence-electron chi connectivity index (χ4n) is 3.16. The first-order valence-electron chi connectivity index (χ1n) is 8.62. The number of carbonyl (C=O) groups is 2. The number of carbonyl (C=O) groups excluding carboxylic acids is 2.